The molecule has 6 heteroatoms. The van der Waals surface area contributed by atoms with Crippen molar-refractivity contribution in [2.24, 2.45) is 0 Å². The first-order valence-electron chi connectivity index (χ1n) is 6.21. The highest BCUT2D eigenvalue weighted by Crippen LogP contribution is 2.22. The number of esters is 1. The van der Waals surface area contributed by atoms with Gasteiger partial charge in [0.1, 0.15) is 6.10 Å². The van der Waals surface area contributed by atoms with Crippen molar-refractivity contribution >= 4 is 29.1 Å². The van der Waals surface area contributed by atoms with Gasteiger partial charge >= 0.3 is 5.97 Å². The topological polar surface area (TPSA) is 69.4 Å². The van der Waals surface area contributed by atoms with Crippen molar-refractivity contribution in [3.63, 3.8) is 0 Å². The maximum absolute atomic E-state index is 11.7. The van der Waals surface area contributed by atoms with Crippen LogP contribution in [0.15, 0.2) is 47.2 Å². The molecule has 0 fully saturated rings. The molecule has 2 rings (SSSR count). The standard InChI is InChI=1S/C15H13NO4S/c1-11(13-3-2-4-14(9-13)16(18)19)20-15(17)6-5-12-7-8-21-10-12/h2-11H,1H3/b6-5+/t11-/m1/s1. The first-order valence-corrected chi connectivity index (χ1v) is 7.16. The molecule has 0 saturated heterocycles. The van der Waals surface area contributed by atoms with E-state index in [1.165, 1.54) is 29.5 Å². The second-order valence-corrected chi connectivity index (χ2v) is 5.10. The monoisotopic (exact) mass is 303 g/mol. The zero-order chi connectivity index (χ0) is 15.2. The summed E-state index contributed by atoms with van der Waals surface area (Å²) in [6, 6.07) is 7.94. The van der Waals surface area contributed by atoms with Crippen LogP contribution < -0.4 is 0 Å². The fourth-order valence-electron chi connectivity index (χ4n) is 1.71. The number of thiophene rings is 1. The summed E-state index contributed by atoms with van der Waals surface area (Å²) in [4.78, 5) is 21.9. The molecule has 21 heavy (non-hydrogen) atoms. The third kappa shape index (κ3) is 4.25. The average molecular weight is 303 g/mol. The van der Waals surface area contributed by atoms with E-state index in [1.807, 2.05) is 16.8 Å². The Morgan fingerprint density at radius 3 is 2.90 bits per heavy atom. The van der Waals surface area contributed by atoms with E-state index < -0.39 is 17.0 Å². The van der Waals surface area contributed by atoms with E-state index in [2.05, 4.69) is 0 Å². The first kappa shape index (κ1) is 14.9. The van der Waals surface area contributed by atoms with Gasteiger partial charge in [0.15, 0.2) is 0 Å². The van der Waals surface area contributed by atoms with Gasteiger partial charge in [0.25, 0.3) is 5.69 Å². The van der Waals surface area contributed by atoms with Gasteiger partial charge in [0, 0.05) is 18.2 Å². The summed E-state index contributed by atoms with van der Waals surface area (Å²) in [6.45, 7) is 1.68. The zero-order valence-corrected chi connectivity index (χ0v) is 12.1. The fourth-order valence-corrected chi connectivity index (χ4v) is 2.34. The summed E-state index contributed by atoms with van der Waals surface area (Å²) in [7, 11) is 0. The zero-order valence-electron chi connectivity index (χ0n) is 11.3. The molecule has 0 radical (unpaired) electrons. The van der Waals surface area contributed by atoms with Crippen molar-refractivity contribution in [3.05, 3.63) is 68.4 Å². The Hall–Kier alpha value is -2.47. The minimum absolute atomic E-state index is 0.0239. The molecule has 1 aromatic carbocycles. The van der Waals surface area contributed by atoms with Gasteiger partial charge in [-0.25, -0.2) is 4.79 Å². The highest BCUT2D eigenvalue weighted by Gasteiger charge is 2.13. The average Bonchev–Trinajstić information content (AvgIpc) is 2.98. The summed E-state index contributed by atoms with van der Waals surface area (Å²) in [5.41, 5.74) is 1.49. The van der Waals surface area contributed by atoms with E-state index in [-0.39, 0.29) is 5.69 Å². The van der Waals surface area contributed by atoms with E-state index in [0.29, 0.717) is 5.56 Å². The number of hydrogen-bond acceptors (Lipinski definition) is 5. The van der Waals surface area contributed by atoms with E-state index in [4.69, 9.17) is 4.74 Å². The quantitative estimate of drug-likeness (QED) is 0.362. The largest absolute Gasteiger partial charge is 0.455 e. The summed E-state index contributed by atoms with van der Waals surface area (Å²) >= 11 is 1.54. The summed E-state index contributed by atoms with van der Waals surface area (Å²) in [5, 5.41) is 14.5. The molecule has 0 saturated carbocycles. The third-order valence-electron chi connectivity index (χ3n) is 2.80. The van der Waals surface area contributed by atoms with Crippen LogP contribution in [0.5, 0.6) is 0 Å². The number of rotatable bonds is 5. The predicted molar refractivity (Wildman–Crippen MR) is 81.0 cm³/mol. The van der Waals surface area contributed by atoms with E-state index >= 15 is 0 Å². The maximum atomic E-state index is 11.7. The van der Waals surface area contributed by atoms with Gasteiger partial charge in [-0.15, -0.1) is 0 Å². The van der Waals surface area contributed by atoms with E-state index in [1.54, 1.807) is 25.1 Å². The molecule has 1 heterocycles. The number of carbonyl (C=O) groups excluding carboxylic acids is 1. The fraction of sp³-hybridized carbons (Fsp3) is 0.133. The second kappa shape index (κ2) is 6.81. The van der Waals surface area contributed by atoms with Crippen molar-refractivity contribution in [2.45, 2.75) is 13.0 Å². The normalized spacial score (nSPS) is 12.2. The number of hydrogen-bond donors (Lipinski definition) is 0. The molecule has 1 aromatic heterocycles. The number of nitro groups is 1. The van der Waals surface area contributed by atoms with Crippen molar-refractivity contribution in [1.82, 2.24) is 0 Å². The van der Waals surface area contributed by atoms with Crippen molar-refractivity contribution in [1.29, 1.82) is 0 Å². The van der Waals surface area contributed by atoms with Gasteiger partial charge < -0.3 is 4.74 Å². The molecule has 0 aliphatic rings. The van der Waals surface area contributed by atoms with Crippen LogP contribution in [0.25, 0.3) is 6.08 Å². The highest BCUT2D eigenvalue weighted by atomic mass is 32.1. The summed E-state index contributed by atoms with van der Waals surface area (Å²) in [6.07, 6.45) is 2.46. The Kier molecular flexibility index (Phi) is 4.84. The number of ether oxygens (including phenoxy) is 1. The Labute approximate surface area is 125 Å². The molecule has 2 aromatic rings. The lowest BCUT2D eigenvalue weighted by Crippen LogP contribution is -2.06. The molecule has 0 spiro atoms. The van der Waals surface area contributed by atoms with Crippen LogP contribution >= 0.6 is 11.3 Å². The number of nitrogens with zero attached hydrogens (tertiary/aromatic N) is 1. The molecule has 0 unspecified atom stereocenters. The molecule has 0 amide bonds. The maximum Gasteiger partial charge on any atom is 0.331 e. The molecule has 0 N–H and O–H groups in total. The molecule has 108 valence electrons. The third-order valence-corrected chi connectivity index (χ3v) is 3.50. The minimum atomic E-state index is -0.551. The lowest BCUT2D eigenvalue weighted by atomic mass is 10.1. The van der Waals surface area contributed by atoms with Gasteiger partial charge in [0.2, 0.25) is 0 Å². The van der Waals surface area contributed by atoms with Crippen LogP contribution in [-0.4, -0.2) is 10.9 Å². The van der Waals surface area contributed by atoms with Crippen LogP contribution in [0, 0.1) is 10.1 Å². The lowest BCUT2D eigenvalue weighted by Gasteiger charge is -2.11. The summed E-state index contributed by atoms with van der Waals surface area (Å²) in [5.74, 6) is -0.486. The number of carbonyl (C=O) groups is 1. The highest BCUT2D eigenvalue weighted by molar-refractivity contribution is 7.08. The lowest BCUT2D eigenvalue weighted by molar-refractivity contribution is -0.385. The molecule has 1 atom stereocenters. The Bertz CT molecular complexity index is 664. The summed E-state index contributed by atoms with van der Waals surface area (Å²) < 4.78 is 5.22. The predicted octanol–water partition coefficient (Wildman–Crippen LogP) is 3.97. The van der Waals surface area contributed by atoms with Crippen LogP contribution in [0.2, 0.25) is 0 Å². The molecule has 5 nitrogen and oxygen atoms in total. The van der Waals surface area contributed by atoms with Gasteiger partial charge in [0.05, 0.1) is 4.92 Å². The van der Waals surface area contributed by atoms with Crippen LogP contribution in [-0.2, 0) is 9.53 Å². The molecular weight excluding hydrogens is 290 g/mol. The molecular formula is C15H13NO4S. The number of nitro benzene ring substituents is 1. The van der Waals surface area contributed by atoms with Gasteiger partial charge in [-0.05, 0) is 41.0 Å². The van der Waals surface area contributed by atoms with E-state index in [0.717, 1.165) is 5.56 Å². The Morgan fingerprint density at radius 2 is 2.24 bits per heavy atom. The van der Waals surface area contributed by atoms with Crippen molar-refractivity contribution < 1.29 is 14.5 Å². The van der Waals surface area contributed by atoms with Gasteiger partial charge in [-0.3, -0.25) is 10.1 Å². The van der Waals surface area contributed by atoms with Crippen LogP contribution in [0.4, 0.5) is 5.69 Å². The minimum Gasteiger partial charge on any atom is -0.455 e. The van der Waals surface area contributed by atoms with Gasteiger partial charge in [-0.1, -0.05) is 12.1 Å². The van der Waals surface area contributed by atoms with Gasteiger partial charge in [-0.2, -0.15) is 11.3 Å². The Balaban J connectivity index is 2.00. The molecule has 0 aliphatic carbocycles. The van der Waals surface area contributed by atoms with E-state index in [9.17, 15) is 14.9 Å². The smallest absolute Gasteiger partial charge is 0.331 e. The van der Waals surface area contributed by atoms with Crippen LogP contribution in [0.1, 0.15) is 24.2 Å². The SMILES string of the molecule is C[C@@H](OC(=O)/C=C/c1ccsc1)c1cccc([N+](=O)[O-])c1. The Morgan fingerprint density at radius 1 is 1.43 bits per heavy atom. The van der Waals surface area contributed by atoms with Crippen LogP contribution in [0.3, 0.4) is 0 Å². The molecule has 0 bridgehead atoms. The second-order valence-electron chi connectivity index (χ2n) is 4.32. The molecule has 0 aliphatic heterocycles. The van der Waals surface area contributed by atoms with Crippen molar-refractivity contribution in [3.8, 4) is 0 Å². The first-order chi connectivity index (χ1) is 10.1. The van der Waals surface area contributed by atoms with Crippen molar-refractivity contribution in [2.75, 3.05) is 0 Å². The number of benzene rings is 1. The number of non-ortho nitro benzene ring substituents is 1.